The molecule has 0 bridgehead atoms. The van der Waals surface area contributed by atoms with Crippen LogP contribution in [0.1, 0.15) is 18.1 Å². The first-order valence-electron chi connectivity index (χ1n) is 6.09. The van der Waals surface area contributed by atoms with Crippen LogP contribution in [0, 0.1) is 5.92 Å². The average molecular weight is 266 g/mol. The maximum atomic E-state index is 12.2. The molecule has 0 aliphatic carbocycles. The van der Waals surface area contributed by atoms with E-state index in [0.717, 1.165) is 5.56 Å². The molecule has 2 N–H and O–H groups in total. The highest BCUT2D eigenvalue weighted by atomic mass is 16.5. The van der Waals surface area contributed by atoms with Gasteiger partial charge in [0, 0.05) is 51.3 Å². The van der Waals surface area contributed by atoms with E-state index in [1.807, 2.05) is 0 Å². The number of aromatic nitrogens is 2. The summed E-state index contributed by atoms with van der Waals surface area (Å²) in [5.74, 6) is -0.253. The van der Waals surface area contributed by atoms with Gasteiger partial charge in [0.1, 0.15) is 0 Å². The predicted molar refractivity (Wildman–Crippen MR) is 66.8 cm³/mol. The van der Waals surface area contributed by atoms with Crippen molar-refractivity contribution in [1.82, 2.24) is 14.7 Å². The number of nitrogens with zero attached hydrogens (tertiary/aromatic N) is 3. The molecule has 2 heterocycles. The molecule has 0 aromatic carbocycles. The van der Waals surface area contributed by atoms with Gasteiger partial charge in [-0.05, 0) is 0 Å². The summed E-state index contributed by atoms with van der Waals surface area (Å²) in [4.78, 5) is 24.7. The minimum Gasteiger partial charge on any atom is -0.370 e. The highest BCUT2D eigenvalue weighted by Gasteiger charge is 2.36. The zero-order valence-electron chi connectivity index (χ0n) is 11.1. The molecule has 19 heavy (non-hydrogen) atoms. The maximum Gasteiger partial charge on any atom is 0.256 e. The van der Waals surface area contributed by atoms with Crippen LogP contribution in [0.5, 0.6) is 0 Å². The third kappa shape index (κ3) is 2.93. The van der Waals surface area contributed by atoms with E-state index in [1.165, 1.54) is 7.11 Å². The zero-order chi connectivity index (χ0) is 14.0. The number of hydrogen-bond donors (Lipinski definition) is 1. The summed E-state index contributed by atoms with van der Waals surface area (Å²) in [5, 5.41) is 4.03. The summed E-state index contributed by atoms with van der Waals surface area (Å²) in [6.07, 6.45) is 3.07. The largest absolute Gasteiger partial charge is 0.370 e. The minimum absolute atomic E-state index is 0.101. The predicted octanol–water partition coefficient (Wildman–Crippen LogP) is -0.559. The van der Waals surface area contributed by atoms with Crippen LogP contribution >= 0.6 is 0 Å². The summed E-state index contributed by atoms with van der Waals surface area (Å²) in [5.41, 5.74) is 5.86. The molecular formula is C12H18N4O3. The monoisotopic (exact) mass is 266 g/mol. The van der Waals surface area contributed by atoms with Crippen molar-refractivity contribution in [3.05, 3.63) is 18.0 Å². The van der Waals surface area contributed by atoms with Crippen LogP contribution in [0.3, 0.4) is 0 Å². The molecule has 104 valence electrons. The van der Waals surface area contributed by atoms with Crippen molar-refractivity contribution in [2.24, 2.45) is 18.7 Å². The maximum absolute atomic E-state index is 12.2. The molecule has 1 aromatic rings. The SMILES string of the molecule is COC(C(=O)N1CC(CC(N)=O)C1)c1cnn(C)c1. The lowest BCUT2D eigenvalue weighted by atomic mass is 9.95. The van der Waals surface area contributed by atoms with E-state index in [0.29, 0.717) is 19.5 Å². The number of ether oxygens (including phenoxy) is 1. The number of nitrogens with two attached hydrogens (primary N) is 1. The molecule has 0 radical (unpaired) electrons. The molecular weight excluding hydrogens is 248 g/mol. The third-order valence-electron chi connectivity index (χ3n) is 3.25. The molecule has 1 aromatic heterocycles. The topological polar surface area (TPSA) is 90.4 Å². The Morgan fingerprint density at radius 1 is 1.58 bits per heavy atom. The first-order valence-corrected chi connectivity index (χ1v) is 6.09. The Morgan fingerprint density at radius 2 is 2.26 bits per heavy atom. The zero-order valence-corrected chi connectivity index (χ0v) is 11.1. The van der Waals surface area contributed by atoms with Gasteiger partial charge in [-0.1, -0.05) is 0 Å². The van der Waals surface area contributed by atoms with Crippen LogP contribution in [-0.4, -0.2) is 46.7 Å². The molecule has 0 saturated carbocycles. The summed E-state index contributed by atoms with van der Waals surface area (Å²) >= 11 is 0. The van der Waals surface area contributed by atoms with Crippen LogP contribution in [0.25, 0.3) is 0 Å². The lowest BCUT2D eigenvalue weighted by Crippen LogP contribution is -2.52. The highest BCUT2D eigenvalue weighted by Crippen LogP contribution is 2.25. The van der Waals surface area contributed by atoms with Crippen LogP contribution < -0.4 is 5.73 Å². The molecule has 2 rings (SSSR count). The number of carbonyl (C=O) groups is 2. The quantitative estimate of drug-likeness (QED) is 0.773. The van der Waals surface area contributed by atoms with Crippen LogP contribution in [-0.2, 0) is 21.4 Å². The van der Waals surface area contributed by atoms with Crippen molar-refractivity contribution in [2.45, 2.75) is 12.5 Å². The summed E-state index contributed by atoms with van der Waals surface area (Å²) in [6.45, 7) is 1.11. The Balaban J connectivity index is 1.94. The van der Waals surface area contributed by atoms with Gasteiger partial charge >= 0.3 is 0 Å². The fourth-order valence-corrected chi connectivity index (χ4v) is 2.28. The van der Waals surface area contributed by atoms with Crippen molar-refractivity contribution in [3.63, 3.8) is 0 Å². The normalized spacial score (nSPS) is 17.1. The number of aryl methyl sites for hydroxylation is 1. The summed E-state index contributed by atoms with van der Waals surface area (Å²) in [6, 6.07) is 0. The van der Waals surface area contributed by atoms with Gasteiger partial charge in [0.25, 0.3) is 5.91 Å². The number of methoxy groups -OCH3 is 1. The molecule has 2 amide bonds. The van der Waals surface area contributed by atoms with E-state index in [-0.39, 0.29) is 17.7 Å². The Hall–Kier alpha value is -1.89. The van der Waals surface area contributed by atoms with Gasteiger partial charge in [-0.25, -0.2) is 0 Å². The van der Waals surface area contributed by atoms with Gasteiger partial charge in [-0.15, -0.1) is 0 Å². The molecule has 0 spiro atoms. The first-order chi connectivity index (χ1) is 9.01. The number of hydrogen-bond acceptors (Lipinski definition) is 4. The van der Waals surface area contributed by atoms with Gasteiger partial charge in [0.15, 0.2) is 6.10 Å². The van der Waals surface area contributed by atoms with E-state index < -0.39 is 6.10 Å². The number of primary amides is 1. The summed E-state index contributed by atoms with van der Waals surface area (Å²) < 4.78 is 6.87. The fourth-order valence-electron chi connectivity index (χ4n) is 2.28. The standard InChI is InChI=1S/C12H18N4O3/c1-15-7-9(4-14-15)11(19-2)12(18)16-5-8(6-16)3-10(13)17/h4,7-8,11H,3,5-6H2,1-2H3,(H2,13,17). The van der Waals surface area contributed by atoms with E-state index in [2.05, 4.69) is 5.10 Å². The second kappa shape index (κ2) is 5.40. The van der Waals surface area contributed by atoms with Crippen molar-refractivity contribution in [1.29, 1.82) is 0 Å². The second-order valence-corrected chi connectivity index (χ2v) is 4.84. The smallest absolute Gasteiger partial charge is 0.256 e. The molecule has 1 aliphatic rings. The molecule has 1 aliphatic heterocycles. The van der Waals surface area contributed by atoms with E-state index in [4.69, 9.17) is 10.5 Å². The molecule has 1 saturated heterocycles. The van der Waals surface area contributed by atoms with Crippen LogP contribution in [0.4, 0.5) is 0 Å². The van der Waals surface area contributed by atoms with Crippen LogP contribution in [0.15, 0.2) is 12.4 Å². The van der Waals surface area contributed by atoms with Gasteiger partial charge in [0.2, 0.25) is 5.91 Å². The Bertz CT molecular complexity index is 479. The Morgan fingerprint density at radius 3 is 2.74 bits per heavy atom. The van der Waals surface area contributed by atoms with E-state index in [1.54, 1.807) is 29.0 Å². The van der Waals surface area contributed by atoms with Crippen molar-refractivity contribution in [3.8, 4) is 0 Å². The Labute approximate surface area is 111 Å². The van der Waals surface area contributed by atoms with Crippen LogP contribution in [0.2, 0.25) is 0 Å². The molecule has 7 heteroatoms. The van der Waals surface area contributed by atoms with E-state index >= 15 is 0 Å². The minimum atomic E-state index is -0.636. The second-order valence-electron chi connectivity index (χ2n) is 4.84. The summed E-state index contributed by atoms with van der Waals surface area (Å²) in [7, 11) is 3.28. The first kappa shape index (κ1) is 13.5. The van der Waals surface area contributed by atoms with Gasteiger partial charge in [-0.3, -0.25) is 14.3 Å². The number of likely N-dealkylation sites (tertiary alicyclic amines) is 1. The number of carbonyl (C=O) groups excluding carboxylic acids is 2. The number of amides is 2. The molecule has 1 atom stereocenters. The number of rotatable bonds is 5. The van der Waals surface area contributed by atoms with Crippen molar-refractivity contribution >= 4 is 11.8 Å². The fraction of sp³-hybridized carbons (Fsp3) is 0.583. The molecule has 1 unspecified atom stereocenters. The van der Waals surface area contributed by atoms with Gasteiger partial charge < -0.3 is 15.4 Å². The lowest BCUT2D eigenvalue weighted by Gasteiger charge is -2.40. The van der Waals surface area contributed by atoms with Crippen molar-refractivity contribution in [2.75, 3.05) is 20.2 Å². The lowest BCUT2D eigenvalue weighted by molar-refractivity contribution is -0.150. The van der Waals surface area contributed by atoms with Crippen molar-refractivity contribution < 1.29 is 14.3 Å². The van der Waals surface area contributed by atoms with E-state index in [9.17, 15) is 9.59 Å². The third-order valence-corrected chi connectivity index (χ3v) is 3.25. The van der Waals surface area contributed by atoms with Gasteiger partial charge in [-0.2, -0.15) is 5.10 Å². The molecule has 1 fully saturated rings. The van der Waals surface area contributed by atoms with Gasteiger partial charge in [0.05, 0.1) is 6.20 Å². The highest BCUT2D eigenvalue weighted by molar-refractivity contribution is 5.83. The Kier molecular flexibility index (Phi) is 3.84. The molecule has 7 nitrogen and oxygen atoms in total. The average Bonchev–Trinajstić information content (AvgIpc) is 2.70.